The number of hydrogen-bond acceptors (Lipinski definition) is 2. The molecule has 2 rings (SSSR count). The molecule has 2 heterocycles. The Morgan fingerprint density at radius 2 is 1.89 bits per heavy atom. The van der Waals surface area contributed by atoms with Crippen LogP contribution in [0.15, 0.2) is 18.6 Å². The first-order valence-corrected chi connectivity index (χ1v) is 7.01. The van der Waals surface area contributed by atoms with Gasteiger partial charge in [-0.2, -0.15) is 0 Å². The molecule has 0 aliphatic carbocycles. The van der Waals surface area contributed by atoms with Gasteiger partial charge in [0.25, 0.3) is 0 Å². The van der Waals surface area contributed by atoms with Crippen molar-refractivity contribution in [3.8, 4) is 0 Å². The summed E-state index contributed by atoms with van der Waals surface area (Å²) in [4.78, 5) is 4.44. The smallest absolute Gasteiger partial charge is 0.0308 e. The van der Waals surface area contributed by atoms with Crippen LogP contribution in [-0.4, -0.2) is 11.5 Å². The number of fused-ring (bicyclic) bond motifs is 1. The minimum atomic E-state index is 0.522. The number of hydrogen-bond donors (Lipinski definition) is 1. The van der Waals surface area contributed by atoms with Gasteiger partial charge in [0.2, 0.25) is 0 Å². The molecule has 1 N–H and O–H groups in total. The van der Waals surface area contributed by atoms with E-state index in [0.29, 0.717) is 11.8 Å². The fourth-order valence-electron chi connectivity index (χ4n) is 2.59. The standard InChI is InChI=1S/C16H24N2/c1-11(2)14-9-17-7-5-6-13-8-18-10-15(12(3)4)16(13)14/h8-12,17H,5-7H2,1-4H3/b14-9-. The van der Waals surface area contributed by atoms with Crippen molar-refractivity contribution in [2.24, 2.45) is 5.92 Å². The molecule has 0 saturated carbocycles. The van der Waals surface area contributed by atoms with Crippen molar-refractivity contribution in [3.05, 3.63) is 35.3 Å². The van der Waals surface area contributed by atoms with E-state index in [1.807, 2.05) is 6.20 Å². The van der Waals surface area contributed by atoms with Crippen LogP contribution in [0.25, 0.3) is 5.57 Å². The van der Waals surface area contributed by atoms with Gasteiger partial charge in [-0.05, 0) is 46.9 Å². The molecule has 1 aromatic rings. The zero-order valence-corrected chi connectivity index (χ0v) is 12.0. The molecule has 0 spiro atoms. The molecule has 98 valence electrons. The molecule has 1 aliphatic heterocycles. The molecule has 0 bridgehead atoms. The van der Waals surface area contributed by atoms with E-state index in [1.165, 1.54) is 28.7 Å². The molecular formula is C16H24N2. The Kier molecular flexibility index (Phi) is 4.05. The predicted molar refractivity (Wildman–Crippen MR) is 77.5 cm³/mol. The highest BCUT2D eigenvalue weighted by Gasteiger charge is 2.18. The Labute approximate surface area is 111 Å². The number of aromatic nitrogens is 1. The normalized spacial score (nSPS) is 18.7. The fourth-order valence-corrected chi connectivity index (χ4v) is 2.59. The minimum Gasteiger partial charge on any atom is -0.391 e. The first-order chi connectivity index (χ1) is 8.61. The molecular weight excluding hydrogens is 220 g/mol. The maximum Gasteiger partial charge on any atom is 0.0308 e. The third-order valence-electron chi connectivity index (χ3n) is 3.61. The third-order valence-corrected chi connectivity index (χ3v) is 3.61. The topological polar surface area (TPSA) is 24.9 Å². The van der Waals surface area contributed by atoms with Crippen LogP contribution in [0.4, 0.5) is 0 Å². The van der Waals surface area contributed by atoms with Crippen LogP contribution in [0.5, 0.6) is 0 Å². The summed E-state index contributed by atoms with van der Waals surface area (Å²) in [5.74, 6) is 1.06. The number of aryl methyl sites for hydroxylation is 1. The summed E-state index contributed by atoms with van der Waals surface area (Å²) >= 11 is 0. The third kappa shape index (κ3) is 2.58. The molecule has 0 atom stereocenters. The number of allylic oxidation sites excluding steroid dienone is 1. The lowest BCUT2D eigenvalue weighted by Gasteiger charge is -2.23. The van der Waals surface area contributed by atoms with Crippen LogP contribution >= 0.6 is 0 Å². The minimum absolute atomic E-state index is 0.522. The van der Waals surface area contributed by atoms with Crippen LogP contribution in [0.1, 0.15) is 56.7 Å². The number of nitrogens with zero attached hydrogens (tertiary/aromatic N) is 1. The van der Waals surface area contributed by atoms with Gasteiger partial charge in [-0.15, -0.1) is 0 Å². The quantitative estimate of drug-likeness (QED) is 0.857. The zero-order valence-electron chi connectivity index (χ0n) is 12.0. The van der Waals surface area contributed by atoms with E-state index >= 15 is 0 Å². The average molecular weight is 244 g/mol. The highest BCUT2D eigenvalue weighted by molar-refractivity contribution is 5.72. The Bertz CT molecular complexity index is 444. The van der Waals surface area contributed by atoms with Gasteiger partial charge in [-0.3, -0.25) is 4.98 Å². The lowest BCUT2D eigenvalue weighted by Crippen LogP contribution is -2.16. The zero-order chi connectivity index (χ0) is 13.1. The van der Waals surface area contributed by atoms with E-state index in [9.17, 15) is 0 Å². The molecule has 1 aliphatic rings. The summed E-state index contributed by atoms with van der Waals surface area (Å²) in [5.41, 5.74) is 5.68. The van der Waals surface area contributed by atoms with Gasteiger partial charge < -0.3 is 5.32 Å². The van der Waals surface area contributed by atoms with Crippen LogP contribution in [0.3, 0.4) is 0 Å². The predicted octanol–water partition coefficient (Wildman–Crippen LogP) is 3.74. The van der Waals surface area contributed by atoms with Crippen LogP contribution in [-0.2, 0) is 6.42 Å². The molecule has 0 saturated heterocycles. The van der Waals surface area contributed by atoms with Gasteiger partial charge >= 0.3 is 0 Å². The highest BCUT2D eigenvalue weighted by Crippen LogP contribution is 2.33. The second-order valence-electron chi connectivity index (χ2n) is 5.73. The van der Waals surface area contributed by atoms with Crippen molar-refractivity contribution >= 4 is 5.57 Å². The lowest BCUT2D eigenvalue weighted by molar-refractivity contribution is 0.722. The molecule has 1 aromatic heterocycles. The highest BCUT2D eigenvalue weighted by atomic mass is 14.8. The summed E-state index contributed by atoms with van der Waals surface area (Å²) in [6.07, 6.45) is 8.62. The molecule has 18 heavy (non-hydrogen) atoms. The monoisotopic (exact) mass is 244 g/mol. The summed E-state index contributed by atoms with van der Waals surface area (Å²) in [6.45, 7) is 10.1. The van der Waals surface area contributed by atoms with Crippen LogP contribution in [0, 0.1) is 5.92 Å². The molecule has 0 aromatic carbocycles. The van der Waals surface area contributed by atoms with Gasteiger partial charge in [0, 0.05) is 25.1 Å². The molecule has 0 radical (unpaired) electrons. The van der Waals surface area contributed by atoms with Crippen molar-refractivity contribution in [1.82, 2.24) is 10.3 Å². The Morgan fingerprint density at radius 3 is 2.56 bits per heavy atom. The molecule has 2 nitrogen and oxygen atoms in total. The number of nitrogens with one attached hydrogen (secondary N) is 1. The summed E-state index contributed by atoms with van der Waals surface area (Å²) in [5, 5.41) is 3.44. The van der Waals surface area contributed by atoms with E-state index in [1.54, 1.807) is 0 Å². The lowest BCUT2D eigenvalue weighted by atomic mass is 9.84. The average Bonchev–Trinajstić information content (AvgIpc) is 2.28. The van der Waals surface area contributed by atoms with Crippen molar-refractivity contribution in [2.45, 2.75) is 46.5 Å². The SMILES string of the molecule is CC(C)/C1=C/NCCCc2cncc(C(C)C)c21. The molecule has 0 fully saturated rings. The van der Waals surface area contributed by atoms with E-state index < -0.39 is 0 Å². The summed E-state index contributed by atoms with van der Waals surface area (Å²) in [6, 6.07) is 0. The second-order valence-corrected chi connectivity index (χ2v) is 5.73. The van der Waals surface area contributed by atoms with E-state index in [2.05, 4.69) is 50.4 Å². The number of pyridine rings is 1. The van der Waals surface area contributed by atoms with E-state index in [4.69, 9.17) is 0 Å². The maximum atomic E-state index is 4.44. The van der Waals surface area contributed by atoms with Gasteiger partial charge in [0.1, 0.15) is 0 Å². The molecule has 2 heteroatoms. The largest absolute Gasteiger partial charge is 0.391 e. The van der Waals surface area contributed by atoms with Crippen molar-refractivity contribution in [1.29, 1.82) is 0 Å². The van der Waals surface area contributed by atoms with Crippen molar-refractivity contribution in [3.63, 3.8) is 0 Å². The van der Waals surface area contributed by atoms with Crippen LogP contribution in [0.2, 0.25) is 0 Å². The van der Waals surface area contributed by atoms with Gasteiger partial charge in [0.05, 0.1) is 0 Å². The van der Waals surface area contributed by atoms with Gasteiger partial charge in [-0.1, -0.05) is 27.7 Å². The molecule has 0 amide bonds. The van der Waals surface area contributed by atoms with E-state index in [0.717, 1.165) is 13.0 Å². The maximum absolute atomic E-state index is 4.44. The summed E-state index contributed by atoms with van der Waals surface area (Å²) in [7, 11) is 0. The van der Waals surface area contributed by atoms with Gasteiger partial charge in [-0.25, -0.2) is 0 Å². The van der Waals surface area contributed by atoms with E-state index in [-0.39, 0.29) is 0 Å². The van der Waals surface area contributed by atoms with Crippen LogP contribution < -0.4 is 5.32 Å². The second kappa shape index (κ2) is 5.55. The molecule has 0 unspecified atom stereocenters. The fraction of sp³-hybridized carbons (Fsp3) is 0.562. The van der Waals surface area contributed by atoms with Gasteiger partial charge in [0.15, 0.2) is 0 Å². The Balaban J connectivity index is 2.60. The van der Waals surface area contributed by atoms with Crippen molar-refractivity contribution in [2.75, 3.05) is 6.54 Å². The first-order valence-electron chi connectivity index (χ1n) is 7.01. The number of rotatable bonds is 2. The Hall–Kier alpha value is -1.31. The Morgan fingerprint density at radius 1 is 1.11 bits per heavy atom. The first kappa shape index (κ1) is 13.1. The summed E-state index contributed by atoms with van der Waals surface area (Å²) < 4.78 is 0. The van der Waals surface area contributed by atoms with Crippen molar-refractivity contribution < 1.29 is 0 Å².